The van der Waals surface area contributed by atoms with E-state index in [1.807, 2.05) is 45.1 Å². The zero-order valence-electron chi connectivity index (χ0n) is 30.5. The minimum Gasteiger partial charge on any atom is -0.457 e. The summed E-state index contributed by atoms with van der Waals surface area (Å²) >= 11 is 0. The Bertz CT molecular complexity index is 1160. The third-order valence-corrected chi connectivity index (χ3v) is 11.0. The topological polar surface area (TPSA) is 129 Å². The lowest BCUT2D eigenvalue weighted by atomic mass is 9.89. The Balaban J connectivity index is 1.40. The second-order valence-corrected chi connectivity index (χ2v) is 15.4. The van der Waals surface area contributed by atoms with Crippen LogP contribution in [0, 0.1) is 17.8 Å². The molecule has 0 aromatic carbocycles. The standard InChI is InChI=1S/C39H63N3O7/c1-28(27-40-37(45)31-14-9-10-15-31)12-11-13-29(2)36-30(3)18-19-34(39(4,47)21-20-33(43)26-35(44)49-36)48-38(46)42-24-22-41(23-25-42)32-16-7-5-6-8-17-32/h11-13,18-19,28,30-34,36,43,47H,5-10,14-17,20-27H2,1-4H3,(H,40,45)/b12-11+,19-18-,29-13+/t28-,30+,33-,34+,36-,39-/m1/s1. The predicted molar refractivity (Wildman–Crippen MR) is 191 cm³/mol. The van der Waals surface area contributed by atoms with Crippen LogP contribution < -0.4 is 5.32 Å². The summed E-state index contributed by atoms with van der Waals surface area (Å²) in [5.41, 5.74) is -0.646. The lowest BCUT2D eigenvalue weighted by Gasteiger charge is -2.40. The number of piperazine rings is 1. The molecular formula is C39H63N3O7. The van der Waals surface area contributed by atoms with Crippen molar-refractivity contribution in [3.05, 3.63) is 36.0 Å². The second kappa shape index (κ2) is 19.1. The van der Waals surface area contributed by atoms with Crippen LogP contribution >= 0.6 is 0 Å². The highest BCUT2D eigenvalue weighted by Crippen LogP contribution is 2.29. The Morgan fingerprint density at radius 2 is 1.69 bits per heavy atom. The Morgan fingerprint density at radius 1 is 1.04 bits per heavy atom. The van der Waals surface area contributed by atoms with Crippen LogP contribution in [0.25, 0.3) is 0 Å². The van der Waals surface area contributed by atoms with E-state index in [0.29, 0.717) is 25.7 Å². The number of nitrogens with zero attached hydrogens (tertiary/aromatic N) is 2. The number of hydrogen-bond donors (Lipinski definition) is 3. The maximum atomic E-state index is 13.4. The number of aliphatic hydroxyl groups is 2. The van der Waals surface area contributed by atoms with Gasteiger partial charge in [0.25, 0.3) is 0 Å². The number of cyclic esters (lactones) is 1. The lowest BCUT2D eigenvalue weighted by molar-refractivity contribution is -0.151. The number of allylic oxidation sites excluding steroid dienone is 2. The van der Waals surface area contributed by atoms with Crippen molar-refractivity contribution in [2.45, 2.75) is 141 Å². The van der Waals surface area contributed by atoms with Gasteiger partial charge in [-0.25, -0.2) is 4.79 Å². The van der Waals surface area contributed by atoms with Gasteiger partial charge in [0.15, 0.2) is 6.10 Å². The smallest absolute Gasteiger partial charge is 0.410 e. The molecule has 1 saturated heterocycles. The summed E-state index contributed by atoms with van der Waals surface area (Å²) < 4.78 is 11.9. The van der Waals surface area contributed by atoms with E-state index in [4.69, 9.17) is 9.47 Å². The van der Waals surface area contributed by atoms with Crippen LogP contribution in [0.5, 0.6) is 0 Å². The molecule has 0 bridgehead atoms. The van der Waals surface area contributed by atoms with Gasteiger partial charge in [0, 0.05) is 50.6 Å². The number of carbonyl (C=O) groups is 3. The van der Waals surface area contributed by atoms with Crippen LogP contribution in [0.3, 0.4) is 0 Å². The quantitative estimate of drug-likeness (QED) is 0.129. The van der Waals surface area contributed by atoms with Crippen molar-refractivity contribution < 1.29 is 34.1 Å². The van der Waals surface area contributed by atoms with Crippen LogP contribution in [0.4, 0.5) is 4.79 Å². The number of carbonyl (C=O) groups excluding carboxylic acids is 3. The summed E-state index contributed by atoms with van der Waals surface area (Å²) in [4.78, 5) is 43.0. The van der Waals surface area contributed by atoms with Gasteiger partial charge < -0.3 is 29.9 Å². The Kier molecular flexibility index (Phi) is 15.2. The third-order valence-electron chi connectivity index (χ3n) is 11.0. The second-order valence-electron chi connectivity index (χ2n) is 15.4. The summed E-state index contributed by atoms with van der Waals surface area (Å²) in [6.07, 6.45) is 18.3. The summed E-state index contributed by atoms with van der Waals surface area (Å²) in [5.74, 6) is -0.418. The summed E-state index contributed by atoms with van der Waals surface area (Å²) in [5, 5.41) is 25.3. The minimum absolute atomic E-state index is 0.123. The van der Waals surface area contributed by atoms with E-state index in [-0.39, 0.29) is 42.9 Å². The van der Waals surface area contributed by atoms with Crippen molar-refractivity contribution in [3.63, 3.8) is 0 Å². The van der Waals surface area contributed by atoms with Crippen LogP contribution in [0.15, 0.2) is 36.0 Å². The molecule has 6 atom stereocenters. The number of amides is 2. The molecule has 4 rings (SSSR count). The molecule has 2 heterocycles. The number of rotatable bonds is 8. The molecule has 2 aliphatic carbocycles. The number of aliphatic hydroxyl groups excluding tert-OH is 1. The first-order chi connectivity index (χ1) is 23.4. The van der Waals surface area contributed by atoms with Crippen molar-refractivity contribution in [2.75, 3.05) is 32.7 Å². The maximum Gasteiger partial charge on any atom is 0.410 e. The van der Waals surface area contributed by atoms with E-state index < -0.39 is 36.0 Å². The average molecular weight is 686 g/mol. The molecule has 10 heteroatoms. The monoisotopic (exact) mass is 685 g/mol. The molecule has 2 saturated carbocycles. The molecule has 3 N–H and O–H groups in total. The van der Waals surface area contributed by atoms with Crippen molar-refractivity contribution in [1.29, 1.82) is 0 Å². The number of esters is 1. The van der Waals surface area contributed by atoms with E-state index in [9.17, 15) is 24.6 Å². The summed E-state index contributed by atoms with van der Waals surface area (Å²) in [7, 11) is 0. The van der Waals surface area contributed by atoms with Gasteiger partial charge in [0.1, 0.15) is 11.7 Å². The first-order valence-corrected chi connectivity index (χ1v) is 19.0. The van der Waals surface area contributed by atoms with E-state index in [1.165, 1.54) is 38.5 Å². The van der Waals surface area contributed by atoms with E-state index in [2.05, 4.69) is 10.2 Å². The Labute approximate surface area is 294 Å². The zero-order valence-corrected chi connectivity index (χ0v) is 30.5. The van der Waals surface area contributed by atoms with Crippen LogP contribution in [0.1, 0.15) is 111 Å². The van der Waals surface area contributed by atoms with E-state index >= 15 is 0 Å². The fourth-order valence-corrected chi connectivity index (χ4v) is 7.68. The highest BCUT2D eigenvalue weighted by molar-refractivity contribution is 5.78. The molecule has 2 aliphatic heterocycles. The molecule has 49 heavy (non-hydrogen) atoms. The van der Waals surface area contributed by atoms with Gasteiger partial charge >= 0.3 is 12.1 Å². The molecule has 0 aromatic heterocycles. The highest BCUT2D eigenvalue weighted by atomic mass is 16.6. The number of nitrogens with one attached hydrogen (secondary N) is 1. The molecule has 3 fully saturated rings. The molecule has 0 radical (unpaired) electrons. The summed E-state index contributed by atoms with van der Waals surface area (Å²) in [6, 6.07) is 0.593. The molecule has 10 nitrogen and oxygen atoms in total. The third kappa shape index (κ3) is 12.2. The van der Waals surface area contributed by atoms with Gasteiger partial charge in [-0.3, -0.25) is 14.5 Å². The fraction of sp³-hybridized carbons (Fsp3) is 0.769. The Morgan fingerprint density at radius 3 is 2.37 bits per heavy atom. The SMILES string of the molecule is C/C(=C\C=C\[C@@H](C)CNC(=O)C1CCCC1)[C@H]1OC(=O)C[C@H](O)CC[C@@](C)(O)[C@@H](OC(=O)N2CCN(C3CCCCCC3)CC2)/C=C\[C@@H]1C. The first-order valence-electron chi connectivity index (χ1n) is 19.0. The molecule has 4 aliphatic rings. The molecule has 2 amide bonds. The predicted octanol–water partition coefficient (Wildman–Crippen LogP) is 5.68. The van der Waals surface area contributed by atoms with Crippen molar-refractivity contribution in [1.82, 2.24) is 15.1 Å². The van der Waals surface area contributed by atoms with Gasteiger partial charge in [-0.2, -0.15) is 0 Å². The van der Waals surface area contributed by atoms with Gasteiger partial charge in [0.05, 0.1) is 12.5 Å². The van der Waals surface area contributed by atoms with Gasteiger partial charge in [-0.1, -0.05) is 76.7 Å². The van der Waals surface area contributed by atoms with Crippen molar-refractivity contribution in [3.8, 4) is 0 Å². The van der Waals surface area contributed by atoms with Gasteiger partial charge in [-0.15, -0.1) is 0 Å². The zero-order chi connectivity index (χ0) is 35.4. The first kappa shape index (κ1) is 39.1. The minimum atomic E-state index is -1.45. The highest BCUT2D eigenvalue weighted by Gasteiger charge is 2.37. The van der Waals surface area contributed by atoms with Crippen molar-refractivity contribution >= 4 is 18.0 Å². The summed E-state index contributed by atoms with van der Waals surface area (Å²) in [6.45, 7) is 10.8. The maximum absolute atomic E-state index is 13.4. The molecule has 0 aromatic rings. The van der Waals surface area contributed by atoms with E-state index in [1.54, 1.807) is 17.9 Å². The molecule has 0 unspecified atom stereocenters. The van der Waals surface area contributed by atoms with Gasteiger partial charge in [0.2, 0.25) is 5.91 Å². The van der Waals surface area contributed by atoms with Crippen LogP contribution in [-0.2, 0) is 19.1 Å². The van der Waals surface area contributed by atoms with Crippen LogP contribution in [-0.4, -0.2) is 101 Å². The van der Waals surface area contributed by atoms with Gasteiger partial charge in [-0.05, 0) is 69.9 Å². The fourth-order valence-electron chi connectivity index (χ4n) is 7.68. The molecular weight excluding hydrogens is 622 g/mol. The largest absolute Gasteiger partial charge is 0.457 e. The normalized spacial score (nSPS) is 32.1. The molecule has 0 spiro atoms. The lowest BCUT2D eigenvalue weighted by Crippen LogP contribution is -2.53. The Hall–Kier alpha value is -2.69. The number of hydrogen-bond acceptors (Lipinski definition) is 8. The average Bonchev–Trinajstić information content (AvgIpc) is 3.49. The number of ether oxygens (including phenoxy) is 2. The van der Waals surface area contributed by atoms with Crippen molar-refractivity contribution in [2.24, 2.45) is 17.8 Å². The van der Waals surface area contributed by atoms with Crippen LogP contribution in [0.2, 0.25) is 0 Å². The molecule has 276 valence electrons. The van der Waals surface area contributed by atoms with E-state index in [0.717, 1.165) is 44.3 Å².